The van der Waals surface area contributed by atoms with Gasteiger partial charge in [0, 0.05) is 37.9 Å². The normalized spacial score (nSPS) is 24.5. The lowest BCUT2D eigenvalue weighted by molar-refractivity contribution is 0.0694. The van der Waals surface area contributed by atoms with Crippen LogP contribution < -0.4 is 10.3 Å². The molecule has 0 radical (unpaired) electrons. The van der Waals surface area contributed by atoms with Crippen molar-refractivity contribution in [3.8, 4) is 0 Å². The van der Waals surface area contributed by atoms with Gasteiger partial charge < -0.3 is 19.5 Å². The molecular weight excluding hydrogens is 387 g/mol. The molecule has 2 atom stereocenters. The summed E-state index contributed by atoms with van der Waals surface area (Å²) >= 11 is 0. The van der Waals surface area contributed by atoms with Crippen molar-refractivity contribution in [3.05, 3.63) is 39.4 Å². The lowest BCUT2D eigenvalue weighted by Crippen LogP contribution is -2.36. The minimum atomic E-state index is -1.55. The molecule has 1 aromatic carbocycles. The number of likely N-dealkylation sites (N-methyl/N-ethyl adjacent to an activating group) is 1. The molecule has 3 heterocycles. The summed E-state index contributed by atoms with van der Waals surface area (Å²) in [7, 11) is 1.93. The van der Waals surface area contributed by atoms with Gasteiger partial charge in [-0.3, -0.25) is 4.79 Å². The average molecular weight is 407 g/mol. The molecule has 3 aliphatic rings. The van der Waals surface area contributed by atoms with Gasteiger partial charge in [0.1, 0.15) is 11.3 Å². The molecular formula is C20H20F3N3O3. The van der Waals surface area contributed by atoms with Gasteiger partial charge in [-0.2, -0.15) is 0 Å². The number of carbonyl (C=O) groups is 1. The first-order valence-electron chi connectivity index (χ1n) is 9.73. The third kappa shape index (κ3) is 2.59. The monoisotopic (exact) mass is 407 g/mol. The van der Waals surface area contributed by atoms with Crippen LogP contribution in [0.1, 0.15) is 35.7 Å². The summed E-state index contributed by atoms with van der Waals surface area (Å²) < 4.78 is 47.2. The lowest BCUT2D eigenvalue weighted by Gasteiger charge is -2.28. The van der Waals surface area contributed by atoms with E-state index in [1.54, 1.807) is 4.90 Å². The zero-order valence-electron chi connectivity index (χ0n) is 15.8. The molecule has 29 heavy (non-hydrogen) atoms. The van der Waals surface area contributed by atoms with E-state index < -0.39 is 45.5 Å². The number of likely N-dealkylation sites (tertiary alicyclic amines) is 1. The summed E-state index contributed by atoms with van der Waals surface area (Å²) in [6, 6.07) is -0.354. The molecule has 1 N–H and O–H groups in total. The molecule has 2 aromatic rings. The van der Waals surface area contributed by atoms with Gasteiger partial charge >= 0.3 is 5.97 Å². The largest absolute Gasteiger partial charge is 0.477 e. The summed E-state index contributed by atoms with van der Waals surface area (Å²) in [5.74, 6) is -5.19. The number of hydrogen-bond acceptors (Lipinski definition) is 4. The maximum Gasteiger partial charge on any atom is 0.341 e. The zero-order valence-corrected chi connectivity index (χ0v) is 15.8. The highest BCUT2D eigenvalue weighted by molar-refractivity contribution is 5.94. The van der Waals surface area contributed by atoms with E-state index in [1.807, 2.05) is 7.05 Å². The summed E-state index contributed by atoms with van der Waals surface area (Å²) in [4.78, 5) is 27.7. The Hall–Kier alpha value is -2.55. The molecule has 1 saturated carbocycles. The highest BCUT2D eigenvalue weighted by atomic mass is 19.2. The maximum atomic E-state index is 15.7. The highest BCUT2D eigenvalue weighted by Crippen LogP contribution is 2.43. The van der Waals surface area contributed by atoms with Crippen molar-refractivity contribution in [2.24, 2.45) is 5.92 Å². The number of pyridine rings is 1. The van der Waals surface area contributed by atoms with Crippen LogP contribution >= 0.6 is 0 Å². The second-order valence-electron chi connectivity index (χ2n) is 8.36. The number of nitrogens with zero attached hydrogens (tertiary/aromatic N) is 3. The first-order valence-corrected chi connectivity index (χ1v) is 9.73. The van der Waals surface area contributed by atoms with Crippen molar-refractivity contribution >= 4 is 22.6 Å². The summed E-state index contributed by atoms with van der Waals surface area (Å²) in [6.07, 6.45) is 3.12. The number of carboxylic acids is 1. The number of halogens is 3. The Bertz CT molecular complexity index is 1110. The Morgan fingerprint density at radius 2 is 1.83 bits per heavy atom. The second-order valence-corrected chi connectivity index (χ2v) is 8.36. The first-order chi connectivity index (χ1) is 13.8. The van der Waals surface area contributed by atoms with Crippen LogP contribution in [0.25, 0.3) is 10.9 Å². The number of carboxylic acid groups (broad SMARTS) is 1. The molecule has 0 spiro atoms. The van der Waals surface area contributed by atoms with Crippen molar-refractivity contribution in [1.82, 2.24) is 9.47 Å². The van der Waals surface area contributed by atoms with E-state index in [2.05, 4.69) is 4.90 Å². The summed E-state index contributed by atoms with van der Waals surface area (Å²) in [5, 5.41) is 8.48. The highest BCUT2D eigenvalue weighted by Gasteiger charge is 2.43. The van der Waals surface area contributed by atoms with Gasteiger partial charge in [0.05, 0.1) is 10.9 Å². The third-order valence-corrected chi connectivity index (χ3v) is 6.46. The standard InChI is InChI=1S/C20H20F3N3O3/c1-24-6-9-4-5-25(12(9)8-24)18-15(22)14(21)13-17(16(18)23)26(10-2-3-10)7-11(19(13)27)20(28)29/h7,9-10,12H,2-6,8H2,1H3,(H,28,29). The zero-order chi connectivity index (χ0) is 20.6. The molecule has 154 valence electrons. The van der Waals surface area contributed by atoms with E-state index >= 15 is 13.2 Å². The third-order valence-electron chi connectivity index (χ3n) is 6.46. The Labute approximate surface area is 164 Å². The minimum absolute atomic E-state index is 0.125. The van der Waals surface area contributed by atoms with Crippen LogP contribution in [0.3, 0.4) is 0 Å². The molecule has 6 nitrogen and oxygen atoms in total. The van der Waals surface area contributed by atoms with Crippen LogP contribution in [0.4, 0.5) is 18.9 Å². The van der Waals surface area contributed by atoms with Gasteiger partial charge in [-0.25, -0.2) is 18.0 Å². The number of fused-ring (bicyclic) bond motifs is 2. The Morgan fingerprint density at radius 3 is 2.48 bits per heavy atom. The van der Waals surface area contributed by atoms with Crippen molar-refractivity contribution in [2.75, 3.05) is 31.6 Å². The molecule has 0 amide bonds. The predicted octanol–water partition coefficient (Wildman–Crippen LogP) is 2.59. The van der Waals surface area contributed by atoms with Gasteiger partial charge in [0.25, 0.3) is 0 Å². The van der Waals surface area contributed by atoms with E-state index in [4.69, 9.17) is 0 Å². The Balaban J connectivity index is 1.80. The number of benzene rings is 1. The van der Waals surface area contributed by atoms with Crippen LogP contribution in [0, 0.1) is 23.4 Å². The Kier molecular flexibility index (Phi) is 3.96. The van der Waals surface area contributed by atoms with Gasteiger partial charge in [-0.1, -0.05) is 0 Å². The van der Waals surface area contributed by atoms with E-state index in [1.165, 1.54) is 4.57 Å². The fraction of sp³-hybridized carbons (Fsp3) is 0.500. The van der Waals surface area contributed by atoms with Crippen LogP contribution in [0.5, 0.6) is 0 Å². The molecule has 5 rings (SSSR count). The maximum absolute atomic E-state index is 15.7. The SMILES string of the molecule is CN1CC2CCN(c3c(F)c(F)c4c(=O)c(C(=O)O)cn(C5CC5)c4c3F)C2C1. The molecule has 0 bridgehead atoms. The number of aromatic carboxylic acids is 1. The molecule has 2 unspecified atom stereocenters. The van der Waals surface area contributed by atoms with E-state index in [-0.39, 0.29) is 23.5 Å². The predicted molar refractivity (Wildman–Crippen MR) is 100 cm³/mol. The molecule has 2 aliphatic heterocycles. The number of anilines is 1. The molecule has 2 saturated heterocycles. The molecule has 3 fully saturated rings. The first kappa shape index (κ1) is 18.5. The molecule has 9 heteroatoms. The molecule has 1 aromatic heterocycles. The van der Waals surface area contributed by atoms with Crippen molar-refractivity contribution in [1.29, 1.82) is 0 Å². The summed E-state index contributed by atoms with van der Waals surface area (Å²) in [5.41, 5.74) is -2.68. The van der Waals surface area contributed by atoms with Crippen molar-refractivity contribution in [3.63, 3.8) is 0 Å². The van der Waals surface area contributed by atoms with Crippen molar-refractivity contribution in [2.45, 2.75) is 31.3 Å². The van der Waals surface area contributed by atoms with Gasteiger partial charge in [-0.15, -0.1) is 0 Å². The van der Waals surface area contributed by atoms with Crippen molar-refractivity contribution < 1.29 is 23.1 Å². The number of aromatic nitrogens is 1. The van der Waals surface area contributed by atoms with Crippen LogP contribution in [0.2, 0.25) is 0 Å². The topological polar surface area (TPSA) is 65.8 Å². The lowest BCUT2D eigenvalue weighted by atomic mass is 10.0. The fourth-order valence-electron chi connectivity index (χ4n) is 4.98. The average Bonchev–Trinajstić information content (AvgIpc) is 3.35. The molecule has 1 aliphatic carbocycles. The van der Waals surface area contributed by atoms with E-state index in [9.17, 15) is 14.7 Å². The van der Waals surface area contributed by atoms with Gasteiger partial charge in [0.2, 0.25) is 5.43 Å². The minimum Gasteiger partial charge on any atom is -0.477 e. The fourth-order valence-corrected chi connectivity index (χ4v) is 4.98. The quantitative estimate of drug-likeness (QED) is 0.793. The number of hydrogen-bond donors (Lipinski definition) is 1. The van der Waals surface area contributed by atoms with Crippen LogP contribution in [-0.2, 0) is 0 Å². The summed E-state index contributed by atoms with van der Waals surface area (Å²) in [6.45, 7) is 1.84. The van der Waals surface area contributed by atoms with Crippen LogP contribution in [-0.4, -0.2) is 53.3 Å². The van der Waals surface area contributed by atoms with E-state index in [0.29, 0.717) is 25.9 Å². The second kappa shape index (κ2) is 6.22. The van der Waals surface area contributed by atoms with E-state index in [0.717, 1.165) is 19.2 Å². The van der Waals surface area contributed by atoms with Gasteiger partial charge in [-0.05, 0) is 32.2 Å². The number of rotatable bonds is 3. The van der Waals surface area contributed by atoms with Crippen LogP contribution in [0.15, 0.2) is 11.0 Å². The van der Waals surface area contributed by atoms with Gasteiger partial charge in [0.15, 0.2) is 17.5 Å². The smallest absolute Gasteiger partial charge is 0.341 e. The Morgan fingerprint density at radius 1 is 1.10 bits per heavy atom.